The number of carbonyl (C=O) groups is 2. The first-order valence-electron chi connectivity index (χ1n) is 6.05. The topological polar surface area (TPSA) is 71.5 Å². The van der Waals surface area contributed by atoms with Gasteiger partial charge in [-0.25, -0.2) is 8.42 Å². The highest BCUT2D eigenvalue weighted by molar-refractivity contribution is 7.89. The van der Waals surface area contributed by atoms with Crippen LogP contribution in [0.3, 0.4) is 0 Å². The second-order valence-electron chi connectivity index (χ2n) is 4.59. The SMILES string of the molecule is O=C1C=CC2C(C=CN2S(=O)(=O)c2ccccc2)C1=O. The molecule has 1 aromatic carbocycles. The smallest absolute Gasteiger partial charge is 0.264 e. The minimum Gasteiger partial charge on any atom is -0.290 e. The number of ketones is 2. The Labute approximate surface area is 116 Å². The Balaban J connectivity index is 2.01. The van der Waals surface area contributed by atoms with Gasteiger partial charge < -0.3 is 0 Å². The lowest BCUT2D eigenvalue weighted by molar-refractivity contribution is -0.136. The molecule has 1 aliphatic carbocycles. The zero-order valence-electron chi connectivity index (χ0n) is 10.3. The van der Waals surface area contributed by atoms with Crippen LogP contribution in [0.25, 0.3) is 0 Å². The number of Topliss-reactive ketones (excluding diaryl/α,β-unsaturated/α-hetero) is 1. The Bertz CT molecular complexity index is 734. The normalized spacial score (nSPS) is 25.1. The van der Waals surface area contributed by atoms with E-state index in [1.54, 1.807) is 18.2 Å². The van der Waals surface area contributed by atoms with E-state index in [9.17, 15) is 18.0 Å². The first-order valence-corrected chi connectivity index (χ1v) is 7.49. The predicted octanol–water partition coefficient (Wildman–Crippen LogP) is 0.897. The Morgan fingerprint density at radius 2 is 1.70 bits per heavy atom. The molecular formula is C14H11NO4S. The number of nitrogens with zero attached hydrogens (tertiary/aromatic N) is 1. The van der Waals surface area contributed by atoms with E-state index in [2.05, 4.69) is 0 Å². The number of rotatable bonds is 2. The first kappa shape index (κ1) is 12.8. The Hall–Kier alpha value is -2.21. The predicted molar refractivity (Wildman–Crippen MR) is 71.0 cm³/mol. The van der Waals surface area contributed by atoms with Gasteiger partial charge in [0.2, 0.25) is 11.6 Å². The molecule has 0 aromatic heterocycles. The van der Waals surface area contributed by atoms with Crippen molar-refractivity contribution in [3.8, 4) is 0 Å². The Morgan fingerprint density at radius 1 is 1.00 bits per heavy atom. The van der Waals surface area contributed by atoms with Crippen LogP contribution in [0.4, 0.5) is 0 Å². The number of fused-ring (bicyclic) bond motifs is 1. The lowest BCUT2D eigenvalue weighted by Crippen LogP contribution is -2.41. The van der Waals surface area contributed by atoms with Gasteiger partial charge in [-0.3, -0.25) is 13.9 Å². The van der Waals surface area contributed by atoms with Crippen LogP contribution in [0.1, 0.15) is 0 Å². The van der Waals surface area contributed by atoms with E-state index in [1.165, 1.54) is 30.5 Å². The molecule has 0 spiro atoms. The summed E-state index contributed by atoms with van der Waals surface area (Å²) in [5.74, 6) is -1.87. The van der Waals surface area contributed by atoms with Crippen molar-refractivity contribution in [3.63, 3.8) is 0 Å². The molecule has 1 aliphatic heterocycles. The maximum absolute atomic E-state index is 12.5. The fourth-order valence-corrected chi connectivity index (χ4v) is 3.88. The summed E-state index contributed by atoms with van der Waals surface area (Å²) in [6.07, 6.45) is 5.44. The van der Waals surface area contributed by atoms with Crippen LogP contribution < -0.4 is 0 Å². The van der Waals surface area contributed by atoms with Crippen molar-refractivity contribution < 1.29 is 18.0 Å². The third kappa shape index (κ3) is 1.80. The van der Waals surface area contributed by atoms with Crippen molar-refractivity contribution in [1.29, 1.82) is 0 Å². The number of benzene rings is 1. The van der Waals surface area contributed by atoms with Crippen LogP contribution in [0.15, 0.2) is 59.7 Å². The van der Waals surface area contributed by atoms with Gasteiger partial charge in [0.15, 0.2) is 0 Å². The van der Waals surface area contributed by atoms with Gasteiger partial charge in [0.25, 0.3) is 10.0 Å². The van der Waals surface area contributed by atoms with Crippen LogP contribution in [0.5, 0.6) is 0 Å². The zero-order chi connectivity index (χ0) is 14.3. The van der Waals surface area contributed by atoms with Crippen molar-refractivity contribution in [1.82, 2.24) is 4.31 Å². The molecule has 0 saturated carbocycles. The number of hydrogen-bond acceptors (Lipinski definition) is 4. The molecule has 1 heterocycles. The van der Waals surface area contributed by atoms with Crippen molar-refractivity contribution in [3.05, 3.63) is 54.8 Å². The van der Waals surface area contributed by atoms with Crippen molar-refractivity contribution in [2.75, 3.05) is 0 Å². The molecule has 0 saturated heterocycles. The summed E-state index contributed by atoms with van der Waals surface area (Å²) in [6, 6.07) is 7.34. The van der Waals surface area contributed by atoms with Gasteiger partial charge in [-0.05, 0) is 18.2 Å². The molecule has 0 amide bonds. The van der Waals surface area contributed by atoms with Crippen LogP contribution in [0.2, 0.25) is 0 Å². The molecule has 3 rings (SSSR count). The summed E-state index contributed by atoms with van der Waals surface area (Å²) in [5, 5.41) is 0. The average molecular weight is 289 g/mol. The maximum atomic E-state index is 12.5. The maximum Gasteiger partial charge on any atom is 0.264 e. The molecule has 0 radical (unpaired) electrons. The van der Waals surface area contributed by atoms with Gasteiger partial charge in [-0.1, -0.05) is 30.4 Å². The number of hydrogen-bond donors (Lipinski definition) is 0. The lowest BCUT2D eigenvalue weighted by atomic mass is 9.90. The van der Waals surface area contributed by atoms with Gasteiger partial charge in [-0.15, -0.1) is 0 Å². The van der Waals surface area contributed by atoms with Gasteiger partial charge in [-0.2, -0.15) is 0 Å². The molecule has 0 bridgehead atoms. The van der Waals surface area contributed by atoms with E-state index in [0.717, 1.165) is 10.4 Å². The van der Waals surface area contributed by atoms with Crippen molar-refractivity contribution in [2.45, 2.75) is 10.9 Å². The molecule has 2 aliphatic rings. The van der Waals surface area contributed by atoms with E-state index in [4.69, 9.17) is 0 Å². The van der Waals surface area contributed by atoms with E-state index >= 15 is 0 Å². The average Bonchev–Trinajstić information content (AvgIpc) is 2.89. The highest BCUT2D eigenvalue weighted by atomic mass is 32.2. The van der Waals surface area contributed by atoms with E-state index in [0.29, 0.717) is 0 Å². The molecular weight excluding hydrogens is 278 g/mol. The second-order valence-corrected chi connectivity index (χ2v) is 6.44. The number of allylic oxidation sites excluding steroid dienone is 1. The van der Waals surface area contributed by atoms with Crippen molar-refractivity contribution in [2.24, 2.45) is 5.92 Å². The molecule has 102 valence electrons. The Morgan fingerprint density at radius 3 is 2.40 bits per heavy atom. The molecule has 5 nitrogen and oxygen atoms in total. The summed E-state index contributed by atoms with van der Waals surface area (Å²) in [7, 11) is -3.72. The first-order chi connectivity index (χ1) is 9.51. The van der Waals surface area contributed by atoms with Crippen molar-refractivity contribution >= 4 is 21.6 Å². The van der Waals surface area contributed by atoms with Gasteiger partial charge in [0.05, 0.1) is 16.9 Å². The standard InChI is InChI=1S/C14H11NO4S/c16-13-7-6-12-11(14(13)17)8-9-15(12)20(18,19)10-4-2-1-3-5-10/h1-9,11-12H. The van der Waals surface area contributed by atoms with E-state index in [1.807, 2.05) is 0 Å². The Kier molecular flexibility index (Phi) is 2.83. The summed E-state index contributed by atoms with van der Waals surface area (Å²) in [5.41, 5.74) is 0. The summed E-state index contributed by atoms with van der Waals surface area (Å²) in [4.78, 5) is 23.2. The third-order valence-electron chi connectivity index (χ3n) is 3.41. The highest BCUT2D eigenvalue weighted by Gasteiger charge is 2.42. The van der Waals surface area contributed by atoms with Gasteiger partial charge in [0.1, 0.15) is 0 Å². The largest absolute Gasteiger partial charge is 0.290 e. The molecule has 0 fully saturated rings. The molecule has 6 heteroatoms. The second kappa shape index (κ2) is 4.42. The van der Waals surface area contributed by atoms with Crippen LogP contribution in [0, 0.1) is 5.92 Å². The monoisotopic (exact) mass is 289 g/mol. The lowest BCUT2D eigenvalue weighted by Gasteiger charge is -2.27. The number of carbonyl (C=O) groups excluding carboxylic acids is 2. The van der Waals surface area contributed by atoms with Gasteiger partial charge in [0, 0.05) is 6.20 Å². The third-order valence-corrected chi connectivity index (χ3v) is 5.20. The molecule has 2 atom stereocenters. The fourth-order valence-electron chi connectivity index (χ4n) is 2.38. The van der Waals surface area contributed by atoms with Crippen LogP contribution in [-0.2, 0) is 19.6 Å². The summed E-state index contributed by atoms with van der Waals surface area (Å²) in [6.45, 7) is 0. The van der Waals surface area contributed by atoms with E-state index < -0.39 is 33.5 Å². The molecule has 1 aromatic rings. The van der Waals surface area contributed by atoms with Gasteiger partial charge >= 0.3 is 0 Å². The minimum atomic E-state index is -3.72. The quantitative estimate of drug-likeness (QED) is 0.758. The van der Waals surface area contributed by atoms with Crippen LogP contribution in [-0.4, -0.2) is 30.3 Å². The summed E-state index contributed by atoms with van der Waals surface area (Å²) >= 11 is 0. The molecule has 0 N–H and O–H groups in total. The fraction of sp³-hybridized carbons (Fsp3) is 0.143. The minimum absolute atomic E-state index is 0.156. The molecule has 20 heavy (non-hydrogen) atoms. The number of sulfonamides is 1. The molecule has 2 unspecified atom stereocenters. The van der Waals surface area contributed by atoms with E-state index in [-0.39, 0.29) is 4.90 Å². The van der Waals surface area contributed by atoms with Crippen LogP contribution >= 0.6 is 0 Å². The zero-order valence-corrected chi connectivity index (χ0v) is 11.2. The highest BCUT2D eigenvalue weighted by Crippen LogP contribution is 2.31. The summed E-state index contributed by atoms with van der Waals surface area (Å²) < 4.78 is 26.2.